The third-order valence-corrected chi connectivity index (χ3v) is 7.13. The van der Waals surface area contributed by atoms with Crippen LogP contribution in [0.15, 0.2) is 90.4 Å². The molecule has 3 heterocycles. The number of azo groups is 3. The highest BCUT2D eigenvalue weighted by molar-refractivity contribution is 7.89. The van der Waals surface area contributed by atoms with Crippen LogP contribution in [0.1, 0.15) is 12.8 Å². The summed E-state index contributed by atoms with van der Waals surface area (Å²) in [5.41, 5.74) is 0.969. The largest absolute Gasteiger partial charge is 0.504 e. The third-order valence-electron chi connectivity index (χ3n) is 6.17. The van der Waals surface area contributed by atoms with Gasteiger partial charge in [0.1, 0.15) is 22.0 Å². The number of aryl methyl sites for hydroxylation is 2. The van der Waals surface area contributed by atoms with Crippen molar-refractivity contribution in [3.63, 3.8) is 0 Å². The van der Waals surface area contributed by atoms with Crippen LogP contribution in [0.2, 0.25) is 0 Å². The summed E-state index contributed by atoms with van der Waals surface area (Å²) in [4.78, 5) is 1.84. The van der Waals surface area contributed by atoms with Gasteiger partial charge in [-0.2, -0.15) is 10.2 Å². The molecule has 0 radical (unpaired) electrons. The number of sulfonamides is 1. The number of aromatic nitrogens is 4. The van der Waals surface area contributed by atoms with Gasteiger partial charge in [0, 0.05) is 39.3 Å². The Bertz CT molecular complexity index is 1730. The zero-order valence-electron chi connectivity index (χ0n) is 21.7. The lowest BCUT2D eigenvalue weighted by molar-refractivity contribution is 0.477. The van der Waals surface area contributed by atoms with E-state index in [0.29, 0.717) is 36.1 Å². The van der Waals surface area contributed by atoms with Crippen molar-refractivity contribution in [2.75, 3.05) is 18.0 Å². The van der Waals surface area contributed by atoms with Gasteiger partial charge in [-0.1, -0.05) is 12.1 Å². The van der Waals surface area contributed by atoms with Crippen LogP contribution in [0.25, 0.3) is 0 Å². The normalized spacial score (nSPS) is 14.4. The predicted octanol–water partition coefficient (Wildman–Crippen LogP) is 5.35. The topological polar surface area (TPSA) is 193 Å². The number of rotatable bonds is 8. The molecule has 0 bridgehead atoms. The van der Waals surface area contributed by atoms with E-state index < -0.39 is 10.0 Å². The standard InChI is InChI=1S/C24H26N12O3S/c1-34-20(9-11-26-34)31-29-17-15-18(30-28-16-7-3-4-8-19(16)40(25,38)39)24(37)22(23(17)36-13-5-6-14-36)33-32-21-10-12-27-35(21)2/h3-4,7-12,15,37H,5-6,13-14H2,1-2H3,(H2,25,38,39). The molecule has 4 aromatic rings. The zero-order chi connectivity index (χ0) is 28.3. The third kappa shape index (κ3) is 5.62. The number of nitrogens with zero attached hydrogens (tertiary/aromatic N) is 11. The van der Waals surface area contributed by atoms with Crippen LogP contribution in [0.4, 0.5) is 40.1 Å². The Balaban J connectivity index is 1.69. The van der Waals surface area contributed by atoms with Gasteiger partial charge in [0.15, 0.2) is 23.1 Å². The summed E-state index contributed by atoms with van der Waals surface area (Å²) in [6.45, 7) is 1.43. The molecule has 0 atom stereocenters. The van der Waals surface area contributed by atoms with E-state index in [1.807, 2.05) is 4.90 Å². The van der Waals surface area contributed by atoms with Crippen LogP contribution < -0.4 is 10.0 Å². The van der Waals surface area contributed by atoms with Gasteiger partial charge in [-0.3, -0.25) is 0 Å². The Kier molecular flexibility index (Phi) is 7.43. The molecule has 1 fully saturated rings. The smallest absolute Gasteiger partial charge is 0.240 e. The summed E-state index contributed by atoms with van der Waals surface area (Å²) in [6, 6.07) is 10.8. The lowest BCUT2D eigenvalue weighted by Crippen LogP contribution is -2.17. The Morgan fingerprint density at radius 3 is 1.98 bits per heavy atom. The van der Waals surface area contributed by atoms with Gasteiger partial charge in [0.25, 0.3) is 0 Å². The molecular formula is C24H26N12O3S. The minimum absolute atomic E-state index is 0.00383. The monoisotopic (exact) mass is 562 g/mol. The molecule has 1 saturated heterocycles. The molecule has 16 heteroatoms. The number of hydrogen-bond donors (Lipinski definition) is 2. The Labute approximate surface area is 229 Å². The molecule has 2 aromatic heterocycles. The minimum Gasteiger partial charge on any atom is -0.504 e. The van der Waals surface area contributed by atoms with Crippen molar-refractivity contribution >= 4 is 50.1 Å². The summed E-state index contributed by atoms with van der Waals surface area (Å²) in [5.74, 6) is 0.645. The van der Waals surface area contributed by atoms with E-state index in [4.69, 9.17) is 5.14 Å². The molecule has 0 saturated carbocycles. The minimum atomic E-state index is -4.06. The van der Waals surface area contributed by atoms with Crippen molar-refractivity contribution in [1.82, 2.24) is 19.6 Å². The zero-order valence-corrected chi connectivity index (χ0v) is 22.5. The highest BCUT2D eigenvalue weighted by atomic mass is 32.2. The number of aromatic hydroxyl groups is 1. The second-order valence-corrected chi connectivity index (χ2v) is 10.4. The second-order valence-electron chi connectivity index (χ2n) is 8.89. The van der Waals surface area contributed by atoms with Gasteiger partial charge in [0.2, 0.25) is 10.0 Å². The first kappa shape index (κ1) is 26.8. The van der Waals surface area contributed by atoms with Crippen molar-refractivity contribution in [2.24, 2.45) is 49.9 Å². The Hall–Kier alpha value is -4.83. The summed E-state index contributed by atoms with van der Waals surface area (Å²) in [5, 5.41) is 50.6. The molecule has 3 N–H and O–H groups in total. The second kappa shape index (κ2) is 11.1. The number of nitrogens with two attached hydrogens (primary N) is 1. The summed E-state index contributed by atoms with van der Waals surface area (Å²) in [7, 11) is -0.606. The van der Waals surface area contributed by atoms with Crippen molar-refractivity contribution in [1.29, 1.82) is 0 Å². The van der Waals surface area contributed by atoms with E-state index in [1.54, 1.807) is 49.4 Å². The van der Waals surface area contributed by atoms with E-state index in [0.717, 1.165) is 12.8 Å². The van der Waals surface area contributed by atoms with Gasteiger partial charge >= 0.3 is 0 Å². The summed E-state index contributed by atoms with van der Waals surface area (Å²) >= 11 is 0. The fraction of sp³-hybridized carbons (Fsp3) is 0.250. The maximum atomic E-state index is 12.0. The first-order valence-electron chi connectivity index (χ1n) is 12.2. The highest BCUT2D eigenvalue weighted by Gasteiger charge is 2.26. The fourth-order valence-corrected chi connectivity index (χ4v) is 4.81. The van der Waals surface area contributed by atoms with Crippen LogP contribution in [0.3, 0.4) is 0 Å². The quantitative estimate of drug-likeness (QED) is 0.271. The number of phenolic OH excluding ortho intramolecular Hbond substituents is 1. The van der Waals surface area contributed by atoms with Gasteiger partial charge in [-0.05, 0) is 31.0 Å². The van der Waals surface area contributed by atoms with Crippen LogP contribution in [-0.2, 0) is 24.1 Å². The average Bonchev–Trinajstić information content (AvgIpc) is 3.69. The number of benzene rings is 2. The van der Waals surface area contributed by atoms with E-state index in [1.165, 1.54) is 28.9 Å². The Morgan fingerprint density at radius 2 is 1.38 bits per heavy atom. The van der Waals surface area contributed by atoms with E-state index in [9.17, 15) is 13.5 Å². The molecule has 0 unspecified atom stereocenters. The lowest BCUT2D eigenvalue weighted by atomic mass is 10.1. The summed E-state index contributed by atoms with van der Waals surface area (Å²) in [6.07, 6.45) is 5.08. The van der Waals surface area contributed by atoms with E-state index in [2.05, 4.69) is 40.9 Å². The van der Waals surface area contributed by atoms with Crippen molar-refractivity contribution in [3.8, 4) is 5.75 Å². The molecule has 2 aromatic carbocycles. The van der Waals surface area contributed by atoms with Gasteiger partial charge in [-0.25, -0.2) is 22.9 Å². The van der Waals surface area contributed by atoms with E-state index >= 15 is 0 Å². The maximum absolute atomic E-state index is 12.0. The van der Waals surface area contributed by atoms with Crippen LogP contribution in [0, 0.1) is 0 Å². The first-order chi connectivity index (χ1) is 19.2. The molecule has 5 rings (SSSR count). The molecule has 0 amide bonds. The number of anilines is 1. The van der Waals surface area contributed by atoms with E-state index in [-0.39, 0.29) is 27.7 Å². The maximum Gasteiger partial charge on any atom is 0.240 e. The van der Waals surface area contributed by atoms with Gasteiger partial charge in [-0.15, -0.1) is 30.7 Å². The summed E-state index contributed by atoms with van der Waals surface area (Å²) < 4.78 is 27.2. The SMILES string of the molecule is Cn1nccc1N=Nc1cc(N=Nc2ccccc2S(N)(=O)=O)c(O)c(N=Nc2ccnn2C)c1N1CCCC1. The molecular weight excluding hydrogens is 536 g/mol. The molecule has 0 spiro atoms. The van der Waals surface area contributed by atoms with Crippen LogP contribution in [0.5, 0.6) is 5.75 Å². The molecule has 206 valence electrons. The molecule has 1 aliphatic heterocycles. The molecule has 0 aliphatic carbocycles. The molecule has 15 nitrogen and oxygen atoms in total. The molecule has 1 aliphatic rings. The molecule has 40 heavy (non-hydrogen) atoms. The Morgan fingerprint density at radius 1 is 0.800 bits per heavy atom. The van der Waals surface area contributed by atoms with Crippen molar-refractivity contribution in [2.45, 2.75) is 17.7 Å². The van der Waals surface area contributed by atoms with Crippen LogP contribution >= 0.6 is 0 Å². The van der Waals surface area contributed by atoms with Gasteiger partial charge in [0.05, 0.1) is 18.1 Å². The highest BCUT2D eigenvalue weighted by Crippen LogP contribution is 2.51. The van der Waals surface area contributed by atoms with Crippen molar-refractivity contribution in [3.05, 3.63) is 54.9 Å². The first-order valence-corrected chi connectivity index (χ1v) is 13.7. The number of phenols is 1. The van der Waals surface area contributed by atoms with Crippen molar-refractivity contribution < 1.29 is 13.5 Å². The van der Waals surface area contributed by atoms with Gasteiger partial charge < -0.3 is 10.0 Å². The number of hydrogen-bond acceptors (Lipinski definition) is 12. The van der Waals surface area contributed by atoms with Crippen LogP contribution in [-0.4, -0.2) is 46.2 Å². The average molecular weight is 563 g/mol. The predicted molar refractivity (Wildman–Crippen MR) is 146 cm³/mol. The fourth-order valence-electron chi connectivity index (χ4n) is 4.15. The lowest BCUT2D eigenvalue weighted by Gasteiger charge is -2.22. The number of primary sulfonamides is 1.